The number of aliphatic hydroxyl groups is 2. The maximum Gasteiger partial charge on any atom is 0.292 e. The number of hydrogen-bond donors (Lipinski definition) is 3. The Morgan fingerprint density at radius 3 is 2.40 bits per heavy atom. The monoisotopic (exact) mass is 243 g/mol. The van der Waals surface area contributed by atoms with Gasteiger partial charge >= 0.3 is 0 Å². The van der Waals surface area contributed by atoms with Gasteiger partial charge in [-0.25, -0.2) is 8.78 Å². The molecule has 15 heavy (non-hydrogen) atoms. The second-order valence-electron chi connectivity index (χ2n) is 2.86. The molecule has 1 aromatic heterocycles. The Bertz CT molecular complexity index is 306. The molecule has 0 radical (unpaired) electrons. The lowest BCUT2D eigenvalue weighted by molar-refractivity contribution is -0.0757. The molecule has 0 aromatic carbocycles. The van der Waals surface area contributed by atoms with E-state index in [0.29, 0.717) is 0 Å². The summed E-state index contributed by atoms with van der Waals surface area (Å²) in [6.45, 7) is -1.72. The van der Waals surface area contributed by atoms with Gasteiger partial charge in [0.05, 0.1) is 0 Å². The quantitative estimate of drug-likeness (QED) is 0.732. The summed E-state index contributed by atoms with van der Waals surface area (Å²) in [6, 6.07) is 0.899. The number of aliphatic hydroxyl groups excluding tert-OH is 2. The van der Waals surface area contributed by atoms with Crippen LogP contribution in [-0.4, -0.2) is 22.7 Å². The highest BCUT2D eigenvalue weighted by molar-refractivity contribution is 5.85. The number of alkyl halides is 2. The van der Waals surface area contributed by atoms with Crippen molar-refractivity contribution in [2.24, 2.45) is 5.73 Å². The molecule has 4 nitrogen and oxygen atoms in total. The van der Waals surface area contributed by atoms with Crippen molar-refractivity contribution >= 4 is 12.4 Å². The van der Waals surface area contributed by atoms with Gasteiger partial charge in [-0.15, -0.1) is 12.4 Å². The molecule has 1 aromatic rings. The van der Waals surface area contributed by atoms with E-state index in [-0.39, 0.29) is 30.5 Å². The molecule has 0 saturated heterocycles. The van der Waals surface area contributed by atoms with Gasteiger partial charge in [0.25, 0.3) is 5.92 Å². The van der Waals surface area contributed by atoms with Crippen LogP contribution in [0.15, 0.2) is 16.5 Å². The van der Waals surface area contributed by atoms with Gasteiger partial charge in [0.1, 0.15) is 30.8 Å². The standard InChI is InChI=1S/C8H11F2NO3.ClH/c9-8(10,4-13)7(11)6-2-1-5(3-12)14-6;/h1-2,7,12-13H,3-4,11H2;1H/t7-;/m0./s1. The third-order valence-corrected chi connectivity index (χ3v) is 1.81. The zero-order chi connectivity index (χ0) is 10.8. The van der Waals surface area contributed by atoms with Crippen molar-refractivity contribution in [3.05, 3.63) is 23.7 Å². The van der Waals surface area contributed by atoms with Crippen molar-refractivity contribution in [2.75, 3.05) is 6.61 Å². The minimum absolute atomic E-state index is 0. The normalized spacial score (nSPS) is 13.4. The lowest BCUT2D eigenvalue weighted by atomic mass is 10.1. The van der Waals surface area contributed by atoms with Gasteiger partial charge in [0.15, 0.2) is 0 Å². The second-order valence-corrected chi connectivity index (χ2v) is 2.86. The molecule has 0 spiro atoms. The topological polar surface area (TPSA) is 79.6 Å². The summed E-state index contributed by atoms with van der Waals surface area (Å²) < 4.78 is 30.5. The van der Waals surface area contributed by atoms with Gasteiger partial charge in [-0.1, -0.05) is 0 Å². The van der Waals surface area contributed by atoms with E-state index in [1.54, 1.807) is 0 Å². The summed E-state index contributed by atoms with van der Waals surface area (Å²) in [5, 5.41) is 17.0. The highest BCUT2D eigenvalue weighted by Crippen LogP contribution is 2.29. The fraction of sp³-hybridized carbons (Fsp3) is 0.500. The zero-order valence-corrected chi connectivity index (χ0v) is 8.51. The Morgan fingerprint density at radius 2 is 2.00 bits per heavy atom. The van der Waals surface area contributed by atoms with E-state index < -0.39 is 18.6 Å². The van der Waals surface area contributed by atoms with E-state index in [4.69, 9.17) is 20.4 Å². The van der Waals surface area contributed by atoms with Crippen LogP contribution >= 0.6 is 12.4 Å². The summed E-state index contributed by atoms with van der Waals surface area (Å²) in [6.07, 6.45) is 0. The Balaban J connectivity index is 0.00000196. The molecule has 88 valence electrons. The molecule has 1 atom stereocenters. The molecule has 7 heteroatoms. The first-order valence-corrected chi connectivity index (χ1v) is 3.95. The first-order chi connectivity index (χ1) is 6.51. The minimum Gasteiger partial charge on any atom is -0.462 e. The molecular formula is C8H12ClF2NO3. The molecule has 0 unspecified atom stereocenters. The number of nitrogens with two attached hydrogens (primary N) is 1. The van der Waals surface area contributed by atoms with E-state index >= 15 is 0 Å². The van der Waals surface area contributed by atoms with Crippen molar-refractivity contribution in [3.63, 3.8) is 0 Å². The third-order valence-electron chi connectivity index (χ3n) is 1.81. The highest BCUT2D eigenvalue weighted by atomic mass is 35.5. The molecule has 0 bridgehead atoms. The number of rotatable bonds is 4. The van der Waals surface area contributed by atoms with Crippen molar-refractivity contribution in [2.45, 2.75) is 18.6 Å². The number of hydrogen-bond acceptors (Lipinski definition) is 4. The Kier molecular flexibility index (Phi) is 5.16. The van der Waals surface area contributed by atoms with Gasteiger partial charge in [0.2, 0.25) is 0 Å². The summed E-state index contributed by atoms with van der Waals surface area (Å²) in [7, 11) is 0. The summed E-state index contributed by atoms with van der Waals surface area (Å²) in [5.41, 5.74) is 5.17. The zero-order valence-electron chi connectivity index (χ0n) is 7.69. The van der Waals surface area contributed by atoms with Crippen molar-refractivity contribution in [1.82, 2.24) is 0 Å². The fourth-order valence-corrected chi connectivity index (χ4v) is 0.953. The minimum atomic E-state index is -3.43. The van der Waals surface area contributed by atoms with Crippen LogP contribution in [-0.2, 0) is 6.61 Å². The molecule has 0 saturated carbocycles. The second kappa shape index (κ2) is 5.41. The Morgan fingerprint density at radius 1 is 1.40 bits per heavy atom. The SMILES string of the molecule is Cl.N[C@@H](c1ccc(CO)o1)C(F)(F)CO. The molecule has 1 rings (SSSR count). The van der Waals surface area contributed by atoms with Crippen LogP contribution in [0.4, 0.5) is 8.78 Å². The summed E-state index contributed by atoms with van der Waals surface area (Å²) in [4.78, 5) is 0. The lowest BCUT2D eigenvalue weighted by Crippen LogP contribution is -2.35. The molecule has 4 N–H and O–H groups in total. The van der Waals surface area contributed by atoms with Gasteiger partial charge in [0, 0.05) is 0 Å². The largest absolute Gasteiger partial charge is 0.462 e. The maximum atomic E-state index is 12.8. The summed E-state index contributed by atoms with van der Waals surface area (Å²) in [5.74, 6) is -3.43. The third kappa shape index (κ3) is 3.13. The Labute approximate surface area is 91.1 Å². The van der Waals surface area contributed by atoms with Crippen LogP contribution in [0.2, 0.25) is 0 Å². The smallest absolute Gasteiger partial charge is 0.292 e. The lowest BCUT2D eigenvalue weighted by Gasteiger charge is -2.18. The molecule has 0 aliphatic heterocycles. The fourth-order valence-electron chi connectivity index (χ4n) is 0.953. The average molecular weight is 244 g/mol. The maximum absolute atomic E-state index is 12.8. The average Bonchev–Trinajstić information content (AvgIpc) is 2.64. The van der Waals surface area contributed by atoms with Crippen LogP contribution in [0, 0.1) is 0 Å². The highest BCUT2D eigenvalue weighted by Gasteiger charge is 2.39. The van der Waals surface area contributed by atoms with Gasteiger partial charge < -0.3 is 20.4 Å². The molecule has 0 amide bonds. The predicted molar refractivity (Wildman–Crippen MR) is 50.8 cm³/mol. The molecule has 0 aliphatic rings. The first kappa shape index (κ1) is 14.3. The molecule has 1 heterocycles. The van der Waals surface area contributed by atoms with Crippen LogP contribution in [0.3, 0.4) is 0 Å². The van der Waals surface area contributed by atoms with Crippen molar-refractivity contribution in [1.29, 1.82) is 0 Å². The van der Waals surface area contributed by atoms with Gasteiger partial charge in [-0.3, -0.25) is 0 Å². The first-order valence-electron chi connectivity index (χ1n) is 3.95. The number of halogens is 3. The Hall–Kier alpha value is -0.690. The van der Waals surface area contributed by atoms with E-state index in [1.807, 2.05) is 0 Å². The van der Waals surface area contributed by atoms with Crippen molar-refractivity contribution < 1.29 is 23.4 Å². The van der Waals surface area contributed by atoms with Crippen molar-refractivity contribution in [3.8, 4) is 0 Å². The van der Waals surface area contributed by atoms with E-state index in [0.717, 1.165) is 0 Å². The van der Waals surface area contributed by atoms with E-state index in [9.17, 15) is 8.78 Å². The van der Waals surface area contributed by atoms with E-state index in [1.165, 1.54) is 12.1 Å². The molecule has 0 aliphatic carbocycles. The molecule has 0 fully saturated rings. The van der Waals surface area contributed by atoms with Crippen LogP contribution in [0.1, 0.15) is 17.6 Å². The van der Waals surface area contributed by atoms with Crippen LogP contribution < -0.4 is 5.73 Å². The van der Waals surface area contributed by atoms with Crippen LogP contribution in [0.25, 0.3) is 0 Å². The molecular weight excluding hydrogens is 232 g/mol. The summed E-state index contributed by atoms with van der Waals surface area (Å²) >= 11 is 0. The predicted octanol–water partition coefficient (Wildman–Crippen LogP) is 0.821. The van der Waals surface area contributed by atoms with Gasteiger partial charge in [-0.05, 0) is 12.1 Å². The van der Waals surface area contributed by atoms with E-state index in [2.05, 4.69) is 0 Å². The number of furan rings is 1. The van der Waals surface area contributed by atoms with Gasteiger partial charge in [-0.2, -0.15) is 0 Å². The van der Waals surface area contributed by atoms with Crippen LogP contribution in [0.5, 0.6) is 0 Å².